The third-order valence-corrected chi connectivity index (χ3v) is 6.63. The number of benzene rings is 1. The van der Waals surface area contributed by atoms with Gasteiger partial charge in [0.25, 0.3) is 0 Å². The van der Waals surface area contributed by atoms with Crippen LogP contribution in [0.25, 0.3) is 17.1 Å². The summed E-state index contributed by atoms with van der Waals surface area (Å²) in [6, 6.07) is 5.13. The van der Waals surface area contributed by atoms with Crippen molar-refractivity contribution in [1.29, 1.82) is 0 Å². The largest absolute Gasteiger partial charge is 0.460 e. The highest BCUT2D eigenvalue weighted by Crippen LogP contribution is 2.33. The van der Waals surface area contributed by atoms with Crippen molar-refractivity contribution in [2.45, 2.75) is 77.4 Å². The average Bonchev–Trinajstić information content (AvgIpc) is 2.98. The molecule has 2 fully saturated rings. The van der Waals surface area contributed by atoms with Crippen molar-refractivity contribution in [3.8, 4) is 0 Å². The van der Waals surface area contributed by atoms with Crippen molar-refractivity contribution in [1.82, 2.24) is 14.5 Å². The fourth-order valence-corrected chi connectivity index (χ4v) is 4.95. The summed E-state index contributed by atoms with van der Waals surface area (Å²) in [7, 11) is 1.70. The highest BCUT2D eigenvalue weighted by atomic mass is 16.6. The Balaban J connectivity index is 1.48. The second-order valence-corrected chi connectivity index (χ2v) is 10.5. The molecular weight excluding hydrogens is 434 g/mol. The number of hydrogen-bond donors (Lipinski definition) is 1. The van der Waals surface area contributed by atoms with Gasteiger partial charge in [-0.05, 0) is 76.5 Å². The molecule has 1 aliphatic heterocycles. The lowest BCUT2D eigenvalue weighted by Crippen LogP contribution is -2.44. The number of nitrogens with zero attached hydrogens (tertiary/aromatic N) is 2. The summed E-state index contributed by atoms with van der Waals surface area (Å²) in [6.45, 7) is 5.66. The van der Waals surface area contributed by atoms with Gasteiger partial charge in [-0.25, -0.2) is 4.79 Å². The van der Waals surface area contributed by atoms with Gasteiger partial charge in [-0.2, -0.15) is 0 Å². The quantitative estimate of drug-likeness (QED) is 0.547. The van der Waals surface area contributed by atoms with E-state index in [1.807, 2.05) is 39.0 Å². The summed E-state index contributed by atoms with van der Waals surface area (Å²) in [6.07, 6.45) is 6.94. The van der Waals surface area contributed by atoms with Crippen molar-refractivity contribution < 1.29 is 19.1 Å². The number of carbonyl (C=O) groups is 3. The Morgan fingerprint density at radius 3 is 2.44 bits per heavy atom. The van der Waals surface area contributed by atoms with E-state index >= 15 is 0 Å². The Morgan fingerprint density at radius 2 is 1.79 bits per heavy atom. The fraction of sp³-hybridized carbons (Fsp3) is 0.538. The zero-order valence-corrected chi connectivity index (χ0v) is 20.3. The van der Waals surface area contributed by atoms with Gasteiger partial charge in [0.2, 0.25) is 11.8 Å². The van der Waals surface area contributed by atoms with E-state index < -0.39 is 17.6 Å². The summed E-state index contributed by atoms with van der Waals surface area (Å²) in [5, 5.41) is 2.34. The van der Waals surface area contributed by atoms with Crippen LogP contribution in [-0.2, 0) is 26.2 Å². The van der Waals surface area contributed by atoms with E-state index in [0.717, 1.165) is 36.8 Å². The maximum atomic E-state index is 12.9. The predicted molar refractivity (Wildman–Crippen MR) is 129 cm³/mol. The van der Waals surface area contributed by atoms with Crippen LogP contribution in [0.15, 0.2) is 28.6 Å². The van der Waals surface area contributed by atoms with Crippen LogP contribution in [0.5, 0.6) is 0 Å². The molecule has 1 aromatic heterocycles. The number of aromatic nitrogens is 2. The van der Waals surface area contributed by atoms with Gasteiger partial charge in [-0.1, -0.05) is 17.7 Å². The summed E-state index contributed by atoms with van der Waals surface area (Å²) < 4.78 is 8.51. The Kier molecular flexibility index (Phi) is 6.51. The van der Waals surface area contributed by atoms with E-state index in [-0.39, 0.29) is 24.0 Å². The Hall–Kier alpha value is -3.16. The van der Waals surface area contributed by atoms with E-state index in [2.05, 4.69) is 11.4 Å². The van der Waals surface area contributed by atoms with Gasteiger partial charge < -0.3 is 4.74 Å². The summed E-state index contributed by atoms with van der Waals surface area (Å²) in [4.78, 5) is 48.9. The predicted octanol–water partition coefficient (Wildman–Crippen LogP) is 3.62. The molecule has 1 N–H and O–H groups in total. The number of nitrogens with one attached hydrogen (secondary N) is 1. The monoisotopic (exact) mass is 467 g/mol. The van der Waals surface area contributed by atoms with E-state index in [1.54, 1.807) is 11.6 Å². The fourth-order valence-electron chi connectivity index (χ4n) is 4.95. The number of allylic oxidation sites excluding steroid dienone is 1. The topological polar surface area (TPSA) is 99.4 Å². The first-order chi connectivity index (χ1) is 16.0. The lowest BCUT2D eigenvalue weighted by atomic mass is 9.83. The molecule has 1 aromatic carbocycles. The molecule has 34 heavy (non-hydrogen) atoms. The molecule has 0 radical (unpaired) electrons. The van der Waals surface area contributed by atoms with Gasteiger partial charge in [0.05, 0.1) is 11.0 Å². The molecular formula is C26H33N3O5. The molecule has 1 aliphatic carbocycles. The number of carbonyl (C=O) groups excluding carboxylic acids is 3. The van der Waals surface area contributed by atoms with Crippen LogP contribution < -0.4 is 11.0 Å². The maximum absolute atomic E-state index is 12.9. The number of esters is 1. The van der Waals surface area contributed by atoms with Gasteiger partial charge >= 0.3 is 11.7 Å². The van der Waals surface area contributed by atoms with Crippen LogP contribution in [0.2, 0.25) is 0 Å². The maximum Gasteiger partial charge on any atom is 0.329 e. The van der Waals surface area contributed by atoms with Crippen molar-refractivity contribution in [3.05, 3.63) is 39.8 Å². The molecule has 2 amide bonds. The molecule has 1 unspecified atom stereocenters. The standard InChI is InChI=1S/C26H33N3O5/c1-26(2,3)34-23(31)15-17-7-5-16(6-8-17)13-18-9-10-19-21(14-18)28(4)25(33)29(19)20-11-12-22(30)27-24(20)32/h9-10,13-14,17,20H,5-8,11-12,15H2,1-4H3,(H,27,30,32). The van der Waals surface area contributed by atoms with Crippen LogP contribution in [0.4, 0.5) is 0 Å². The van der Waals surface area contributed by atoms with Gasteiger partial charge in [-0.15, -0.1) is 0 Å². The molecule has 2 heterocycles. The molecule has 1 saturated heterocycles. The van der Waals surface area contributed by atoms with E-state index in [9.17, 15) is 19.2 Å². The second kappa shape index (κ2) is 9.24. The van der Waals surface area contributed by atoms with Gasteiger partial charge in [0, 0.05) is 19.9 Å². The smallest absolute Gasteiger partial charge is 0.329 e. The van der Waals surface area contributed by atoms with E-state index in [4.69, 9.17) is 4.74 Å². The second-order valence-electron chi connectivity index (χ2n) is 10.5. The zero-order valence-electron chi connectivity index (χ0n) is 20.3. The van der Waals surface area contributed by atoms with Gasteiger partial charge in [0.15, 0.2) is 0 Å². The first kappa shape index (κ1) is 24.0. The minimum absolute atomic E-state index is 0.128. The number of amides is 2. The van der Waals surface area contributed by atoms with Crippen molar-refractivity contribution >= 4 is 34.9 Å². The highest BCUT2D eigenvalue weighted by Gasteiger charge is 2.31. The molecule has 8 heteroatoms. The van der Waals surface area contributed by atoms with Crippen molar-refractivity contribution in [2.75, 3.05) is 0 Å². The minimum atomic E-state index is -0.682. The molecule has 0 bridgehead atoms. The molecule has 2 aromatic rings. The number of ether oxygens (including phenoxy) is 1. The number of piperidine rings is 1. The number of fused-ring (bicyclic) bond motifs is 1. The lowest BCUT2D eigenvalue weighted by molar-refractivity contribution is -0.156. The first-order valence-electron chi connectivity index (χ1n) is 12.0. The zero-order chi connectivity index (χ0) is 24.6. The number of rotatable bonds is 4. The SMILES string of the molecule is Cn1c(=O)n(C2CCC(=O)NC2=O)c2ccc(C=C3CCC(CC(=O)OC(C)(C)C)CC3)cc21. The summed E-state index contributed by atoms with van der Waals surface area (Å²) in [5.74, 6) is -0.515. The Bertz CT molecular complexity index is 1220. The number of imide groups is 1. The summed E-state index contributed by atoms with van der Waals surface area (Å²) in [5.41, 5.74) is 3.05. The van der Waals surface area contributed by atoms with Crippen LogP contribution in [-0.4, -0.2) is 32.5 Å². The first-order valence-corrected chi connectivity index (χ1v) is 12.0. The van der Waals surface area contributed by atoms with Crippen LogP contribution in [0, 0.1) is 5.92 Å². The van der Waals surface area contributed by atoms with Crippen molar-refractivity contribution in [3.63, 3.8) is 0 Å². The van der Waals surface area contributed by atoms with Crippen molar-refractivity contribution in [2.24, 2.45) is 13.0 Å². The normalized spacial score (nSPS) is 21.5. The number of aryl methyl sites for hydroxylation is 1. The molecule has 2 aliphatic rings. The van der Waals surface area contributed by atoms with Gasteiger partial charge in [-0.3, -0.25) is 28.8 Å². The van der Waals surface area contributed by atoms with Crippen LogP contribution in [0.3, 0.4) is 0 Å². The molecule has 1 atom stereocenters. The van der Waals surface area contributed by atoms with E-state index in [0.29, 0.717) is 24.3 Å². The Labute approximate surface area is 199 Å². The molecule has 0 spiro atoms. The minimum Gasteiger partial charge on any atom is -0.460 e. The highest BCUT2D eigenvalue weighted by molar-refractivity contribution is 6.00. The van der Waals surface area contributed by atoms with Gasteiger partial charge in [0.1, 0.15) is 11.6 Å². The Morgan fingerprint density at radius 1 is 1.09 bits per heavy atom. The third-order valence-electron chi connectivity index (χ3n) is 6.63. The summed E-state index contributed by atoms with van der Waals surface area (Å²) >= 11 is 0. The average molecular weight is 468 g/mol. The molecule has 4 rings (SSSR count). The number of hydrogen-bond acceptors (Lipinski definition) is 5. The molecule has 182 valence electrons. The molecule has 8 nitrogen and oxygen atoms in total. The van der Waals surface area contributed by atoms with Crippen LogP contribution >= 0.6 is 0 Å². The number of imidazole rings is 1. The lowest BCUT2D eigenvalue weighted by Gasteiger charge is -2.25. The van der Waals surface area contributed by atoms with Crippen LogP contribution in [0.1, 0.15) is 77.3 Å². The van der Waals surface area contributed by atoms with E-state index in [1.165, 1.54) is 10.1 Å². The molecule has 1 saturated carbocycles. The third kappa shape index (κ3) is 5.16.